The summed E-state index contributed by atoms with van der Waals surface area (Å²) in [5.74, 6) is -2.18. The summed E-state index contributed by atoms with van der Waals surface area (Å²) in [4.78, 5) is 21.7. The molecule has 1 unspecified atom stereocenters. The van der Waals surface area contributed by atoms with Gasteiger partial charge in [-0.25, -0.2) is 9.59 Å². The molecule has 0 saturated heterocycles. The number of amides is 2. The maximum absolute atomic E-state index is 12.5. The quantitative estimate of drug-likeness (QED) is 0.622. The Kier molecular flexibility index (Phi) is 5.89. The standard InChI is InChI=1S/C9H15F3N2O4/c1-8(6(15)16,9(10,11)12)14-7(17)13-4-3-5-18-2/h3-5H2,1-2H3,(H,15,16)(H2,13,14,17). The van der Waals surface area contributed by atoms with E-state index >= 15 is 0 Å². The van der Waals surface area contributed by atoms with Gasteiger partial charge >= 0.3 is 18.2 Å². The molecule has 18 heavy (non-hydrogen) atoms. The number of carboxylic acids is 1. The number of halogens is 3. The average molecular weight is 272 g/mol. The maximum Gasteiger partial charge on any atom is 0.422 e. The summed E-state index contributed by atoms with van der Waals surface area (Å²) in [6.07, 6.45) is -4.69. The smallest absolute Gasteiger partial charge is 0.422 e. The van der Waals surface area contributed by atoms with Crippen molar-refractivity contribution in [2.75, 3.05) is 20.3 Å². The van der Waals surface area contributed by atoms with Gasteiger partial charge < -0.3 is 20.5 Å². The van der Waals surface area contributed by atoms with Gasteiger partial charge in [0, 0.05) is 20.3 Å². The van der Waals surface area contributed by atoms with E-state index in [1.165, 1.54) is 12.4 Å². The van der Waals surface area contributed by atoms with Crippen LogP contribution in [0.3, 0.4) is 0 Å². The van der Waals surface area contributed by atoms with Crippen LogP contribution in [0.5, 0.6) is 0 Å². The molecule has 106 valence electrons. The molecule has 0 spiro atoms. The lowest BCUT2D eigenvalue weighted by atomic mass is 10.0. The molecule has 0 aliphatic heterocycles. The van der Waals surface area contributed by atoms with Crippen molar-refractivity contribution in [3.8, 4) is 0 Å². The number of urea groups is 1. The Balaban J connectivity index is 4.44. The van der Waals surface area contributed by atoms with E-state index in [0.29, 0.717) is 20.0 Å². The minimum absolute atomic E-state index is 0.0766. The Morgan fingerprint density at radius 3 is 2.28 bits per heavy atom. The molecule has 0 heterocycles. The van der Waals surface area contributed by atoms with E-state index in [0.717, 1.165) is 0 Å². The maximum atomic E-state index is 12.5. The Hall–Kier alpha value is -1.51. The number of aliphatic carboxylic acids is 1. The molecular formula is C9H15F3N2O4. The molecule has 1 atom stereocenters. The number of hydrogen-bond acceptors (Lipinski definition) is 3. The third kappa shape index (κ3) is 4.40. The minimum Gasteiger partial charge on any atom is -0.479 e. The van der Waals surface area contributed by atoms with E-state index in [1.807, 2.05) is 0 Å². The summed E-state index contributed by atoms with van der Waals surface area (Å²) in [5.41, 5.74) is -3.32. The summed E-state index contributed by atoms with van der Waals surface area (Å²) in [6.45, 7) is 0.785. The second-order valence-electron chi connectivity index (χ2n) is 3.66. The highest BCUT2D eigenvalue weighted by molar-refractivity contribution is 5.86. The number of hydrogen-bond donors (Lipinski definition) is 3. The molecule has 0 bridgehead atoms. The van der Waals surface area contributed by atoms with Crippen LogP contribution in [0.1, 0.15) is 13.3 Å². The van der Waals surface area contributed by atoms with Crippen molar-refractivity contribution in [1.82, 2.24) is 10.6 Å². The van der Waals surface area contributed by atoms with Gasteiger partial charge in [0.25, 0.3) is 0 Å². The van der Waals surface area contributed by atoms with Gasteiger partial charge in [-0.05, 0) is 13.3 Å². The van der Waals surface area contributed by atoms with Crippen LogP contribution in [0.4, 0.5) is 18.0 Å². The van der Waals surface area contributed by atoms with Gasteiger partial charge in [0.1, 0.15) is 0 Å². The first-order valence-electron chi connectivity index (χ1n) is 5.00. The van der Waals surface area contributed by atoms with Crippen molar-refractivity contribution in [3.05, 3.63) is 0 Å². The molecule has 0 aromatic heterocycles. The van der Waals surface area contributed by atoms with E-state index in [1.54, 1.807) is 0 Å². The zero-order valence-electron chi connectivity index (χ0n) is 9.93. The number of methoxy groups -OCH3 is 1. The largest absolute Gasteiger partial charge is 0.479 e. The van der Waals surface area contributed by atoms with Gasteiger partial charge in [0.15, 0.2) is 0 Å². The highest BCUT2D eigenvalue weighted by Gasteiger charge is 2.58. The summed E-state index contributed by atoms with van der Waals surface area (Å²) in [6, 6.07) is -1.20. The molecule has 2 amide bonds. The number of carbonyl (C=O) groups excluding carboxylic acids is 1. The number of nitrogens with one attached hydrogen (secondary N) is 2. The molecule has 9 heteroatoms. The SMILES string of the molecule is COCCCNC(=O)NC(C)(C(=O)O)C(F)(F)F. The number of ether oxygens (including phenoxy) is 1. The first kappa shape index (κ1) is 16.5. The van der Waals surface area contributed by atoms with Crippen LogP contribution < -0.4 is 10.6 Å². The molecule has 0 rings (SSSR count). The molecular weight excluding hydrogens is 257 g/mol. The average Bonchev–Trinajstić information content (AvgIpc) is 2.22. The van der Waals surface area contributed by atoms with Crippen LogP contribution in [0, 0.1) is 0 Å². The van der Waals surface area contributed by atoms with Gasteiger partial charge in [-0.1, -0.05) is 0 Å². The Morgan fingerprint density at radius 2 is 1.89 bits per heavy atom. The summed E-state index contributed by atoms with van der Waals surface area (Å²) in [7, 11) is 1.44. The Morgan fingerprint density at radius 1 is 1.33 bits per heavy atom. The van der Waals surface area contributed by atoms with Gasteiger partial charge in [-0.15, -0.1) is 0 Å². The lowest BCUT2D eigenvalue weighted by Gasteiger charge is -2.28. The van der Waals surface area contributed by atoms with Gasteiger partial charge in [-0.2, -0.15) is 13.2 Å². The molecule has 0 fully saturated rings. The third-order valence-electron chi connectivity index (χ3n) is 2.17. The minimum atomic E-state index is -5.09. The third-order valence-corrected chi connectivity index (χ3v) is 2.17. The van der Waals surface area contributed by atoms with Crippen molar-refractivity contribution in [2.45, 2.75) is 25.1 Å². The van der Waals surface area contributed by atoms with Gasteiger partial charge in [0.05, 0.1) is 0 Å². The predicted molar refractivity (Wildman–Crippen MR) is 55.1 cm³/mol. The summed E-state index contributed by atoms with van der Waals surface area (Å²) >= 11 is 0. The zero-order chi connectivity index (χ0) is 14.4. The van der Waals surface area contributed by atoms with E-state index < -0.39 is 23.7 Å². The normalized spacial score (nSPS) is 14.7. The second kappa shape index (κ2) is 6.43. The van der Waals surface area contributed by atoms with Crippen LogP contribution >= 0.6 is 0 Å². The highest BCUT2D eigenvalue weighted by atomic mass is 19.4. The Labute approximate surface area is 101 Å². The fourth-order valence-electron chi connectivity index (χ4n) is 0.935. The molecule has 0 radical (unpaired) electrons. The van der Waals surface area contributed by atoms with Gasteiger partial charge in [-0.3, -0.25) is 0 Å². The molecule has 0 saturated carbocycles. The van der Waals surface area contributed by atoms with E-state index in [4.69, 9.17) is 5.11 Å². The number of rotatable bonds is 6. The molecule has 6 nitrogen and oxygen atoms in total. The summed E-state index contributed by atoms with van der Waals surface area (Å²) < 4.78 is 42.2. The highest BCUT2D eigenvalue weighted by Crippen LogP contribution is 2.30. The van der Waals surface area contributed by atoms with E-state index in [-0.39, 0.29) is 6.54 Å². The lowest BCUT2D eigenvalue weighted by molar-refractivity contribution is -0.203. The monoisotopic (exact) mass is 272 g/mol. The lowest BCUT2D eigenvalue weighted by Crippen LogP contribution is -2.63. The Bertz CT molecular complexity index is 309. The molecule has 0 aromatic rings. The van der Waals surface area contributed by atoms with Crippen LogP contribution in [-0.4, -0.2) is 49.1 Å². The number of carboxylic acid groups (broad SMARTS) is 1. The molecule has 0 aromatic carbocycles. The van der Waals surface area contributed by atoms with Crippen LogP contribution in [0.15, 0.2) is 0 Å². The fraction of sp³-hybridized carbons (Fsp3) is 0.778. The van der Waals surface area contributed by atoms with Crippen LogP contribution in [-0.2, 0) is 9.53 Å². The zero-order valence-corrected chi connectivity index (χ0v) is 9.93. The van der Waals surface area contributed by atoms with Crippen molar-refractivity contribution in [2.24, 2.45) is 0 Å². The predicted octanol–water partition coefficient (Wildman–Crippen LogP) is 0.728. The van der Waals surface area contributed by atoms with Gasteiger partial charge in [0.2, 0.25) is 5.54 Å². The molecule has 0 aliphatic carbocycles. The van der Waals surface area contributed by atoms with Crippen LogP contribution in [0.25, 0.3) is 0 Å². The number of carbonyl (C=O) groups is 2. The topological polar surface area (TPSA) is 87.7 Å². The van der Waals surface area contributed by atoms with E-state index in [2.05, 4.69) is 10.1 Å². The first-order chi connectivity index (χ1) is 8.15. The van der Waals surface area contributed by atoms with Crippen molar-refractivity contribution >= 4 is 12.0 Å². The van der Waals surface area contributed by atoms with E-state index in [9.17, 15) is 22.8 Å². The van der Waals surface area contributed by atoms with Crippen molar-refractivity contribution in [3.63, 3.8) is 0 Å². The second-order valence-corrected chi connectivity index (χ2v) is 3.66. The first-order valence-corrected chi connectivity index (χ1v) is 5.00. The fourth-order valence-corrected chi connectivity index (χ4v) is 0.935. The van der Waals surface area contributed by atoms with Crippen molar-refractivity contribution < 1.29 is 32.6 Å². The van der Waals surface area contributed by atoms with Crippen LogP contribution in [0.2, 0.25) is 0 Å². The molecule has 3 N–H and O–H groups in total. The number of alkyl halides is 3. The van der Waals surface area contributed by atoms with Crippen molar-refractivity contribution in [1.29, 1.82) is 0 Å². The summed E-state index contributed by atoms with van der Waals surface area (Å²) in [5, 5.41) is 12.0. The molecule has 0 aliphatic rings.